The number of alkyl halides is 1. The van der Waals surface area contributed by atoms with Crippen molar-refractivity contribution in [1.29, 1.82) is 0 Å². The SMILES string of the molecule is C=C(C)C(C(=O)O)N1C(=O)[C@H](NC(=O)COc2ccccc2)[C@H]1Cl. The molecule has 1 fully saturated rings. The van der Waals surface area contributed by atoms with Crippen LogP contribution in [0.25, 0.3) is 0 Å². The van der Waals surface area contributed by atoms with Gasteiger partial charge in [-0.05, 0) is 24.6 Å². The van der Waals surface area contributed by atoms with E-state index in [1.165, 1.54) is 6.92 Å². The average Bonchev–Trinajstić information content (AvgIpc) is 2.55. The van der Waals surface area contributed by atoms with Gasteiger partial charge in [-0.25, -0.2) is 4.79 Å². The van der Waals surface area contributed by atoms with Crippen LogP contribution in [0.5, 0.6) is 5.75 Å². The summed E-state index contributed by atoms with van der Waals surface area (Å²) >= 11 is 6.07. The van der Waals surface area contributed by atoms with E-state index in [0.717, 1.165) is 4.90 Å². The smallest absolute Gasteiger partial charge is 0.330 e. The summed E-state index contributed by atoms with van der Waals surface area (Å²) in [5.41, 5.74) is -0.685. The number of nitrogens with zero attached hydrogens (tertiary/aromatic N) is 1. The molecule has 0 radical (unpaired) electrons. The molecule has 128 valence electrons. The molecule has 8 heteroatoms. The van der Waals surface area contributed by atoms with Crippen molar-refractivity contribution in [3.8, 4) is 5.75 Å². The molecule has 1 unspecified atom stereocenters. The number of likely N-dealkylation sites (tertiary alicyclic amines) is 1. The lowest BCUT2D eigenvalue weighted by atomic mass is 9.99. The fourth-order valence-electron chi connectivity index (χ4n) is 2.33. The maximum Gasteiger partial charge on any atom is 0.330 e. The molecule has 3 atom stereocenters. The lowest BCUT2D eigenvalue weighted by Gasteiger charge is -2.46. The molecule has 0 bridgehead atoms. The van der Waals surface area contributed by atoms with Crippen molar-refractivity contribution in [3.05, 3.63) is 42.5 Å². The molecule has 2 N–H and O–H groups in total. The number of ether oxygens (including phenoxy) is 1. The summed E-state index contributed by atoms with van der Waals surface area (Å²) in [6.07, 6.45) is 0. The minimum Gasteiger partial charge on any atom is -0.484 e. The normalized spacial score (nSPS) is 20.8. The molecule has 2 rings (SSSR count). The summed E-state index contributed by atoms with van der Waals surface area (Å²) < 4.78 is 5.27. The molecule has 1 aromatic carbocycles. The van der Waals surface area contributed by atoms with E-state index >= 15 is 0 Å². The van der Waals surface area contributed by atoms with E-state index in [-0.39, 0.29) is 12.2 Å². The Labute approximate surface area is 143 Å². The van der Waals surface area contributed by atoms with Gasteiger partial charge in [0.05, 0.1) is 0 Å². The van der Waals surface area contributed by atoms with Gasteiger partial charge in [-0.3, -0.25) is 9.59 Å². The van der Waals surface area contributed by atoms with Crippen LogP contribution >= 0.6 is 11.6 Å². The highest BCUT2D eigenvalue weighted by molar-refractivity contribution is 6.27. The fraction of sp³-hybridized carbons (Fsp3) is 0.312. The summed E-state index contributed by atoms with van der Waals surface area (Å²) in [5.74, 6) is -1.80. The van der Waals surface area contributed by atoms with Gasteiger partial charge in [-0.15, -0.1) is 0 Å². The van der Waals surface area contributed by atoms with Crippen LogP contribution in [0.15, 0.2) is 42.5 Å². The van der Waals surface area contributed by atoms with Crippen LogP contribution in [-0.4, -0.2) is 52.0 Å². The second-order valence-electron chi connectivity index (χ2n) is 5.35. The number of rotatable bonds is 7. The van der Waals surface area contributed by atoms with E-state index in [1.54, 1.807) is 24.3 Å². The Morgan fingerprint density at radius 2 is 2.04 bits per heavy atom. The topological polar surface area (TPSA) is 95.9 Å². The third-order valence-electron chi connectivity index (χ3n) is 3.47. The molecule has 0 aliphatic carbocycles. The Kier molecular flexibility index (Phi) is 5.46. The van der Waals surface area contributed by atoms with E-state index in [1.807, 2.05) is 6.07 Å². The second-order valence-corrected chi connectivity index (χ2v) is 5.80. The summed E-state index contributed by atoms with van der Waals surface area (Å²) in [6, 6.07) is 6.52. The summed E-state index contributed by atoms with van der Waals surface area (Å²) in [4.78, 5) is 36.2. The predicted molar refractivity (Wildman–Crippen MR) is 86.6 cm³/mol. The summed E-state index contributed by atoms with van der Waals surface area (Å²) in [5, 5.41) is 11.6. The first-order chi connectivity index (χ1) is 11.3. The van der Waals surface area contributed by atoms with Crippen molar-refractivity contribution in [3.63, 3.8) is 0 Å². The third-order valence-corrected chi connectivity index (χ3v) is 3.93. The van der Waals surface area contributed by atoms with Gasteiger partial charge in [0.25, 0.3) is 11.8 Å². The third kappa shape index (κ3) is 3.68. The molecule has 1 saturated heterocycles. The van der Waals surface area contributed by atoms with Gasteiger partial charge < -0.3 is 20.1 Å². The van der Waals surface area contributed by atoms with Crippen molar-refractivity contribution in [1.82, 2.24) is 10.2 Å². The number of hydrogen-bond acceptors (Lipinski definition) is 4. The van der Waals surface area contributed by atoms with Gasteiger partial charge >= 0.3 is 5.97 Å². The molecular formula is C16H17ClN2O5. The van der Waals surface area contributed by atoms with Crippen molar-refractivity contribution in [2.45, 2.75) is 24.5 Å². The van der Waals surface area contributed by atoms with E-state index in [0.29, 0.717) is 5.75 Å². The van der Waals surface area contributed by atoms with Crippen LogP contribution in [0.2, 0.25) is 0 Å². The molecule has 0 spiro atoms. The van der Waals surface area contributed by atoms with Crippen molar-refractivity contribution in [2.24, 2.45) is 0 Å². The number of para-hydroxylation sites is 1. The molecule has 1 aliphatic rings. The first-order valence-corrected chi connectivity index (χ1v) is 7.58. The number of β-lactam (4-membered cyclic amide) rings is 1. The summed E-state index contributed by atoms with van der Waals surface area (Å²) in [6.45, 7) is 4.77. The minimum atomic E-state index is -1.22. The molecule has 1 heterocycles. The Morgan fingerprint density at radius 3 is 2.54 bits per heavy atom. The molecule has 1 aliphatic heterocycles. The van der Waals surface area contributed by atoms with Gasteiger partial charge in [-0.1, -0.05) is 36.4 Å². The Bertz CT molecular complexity index is 650. The van der Waals surface area contributed by atoms with E-state index < -0.39 is 35.4 Å². The Hall–Kier alpha value is -2.54. The summed E-state index contributed by atoms with van der Waals surface area (Å²) in [7, 11) is 0. The van der Waals surface area contributed by atoms with Crippen LogP contribution in [0.3, 0.4) is 0 Å². The highest BCUT2D eigenvalue weighted by Crippen LogP contribution is 2.29. The van der Waals surface area contributed by atoms with E-state index in [4.69, 9.17) is 16.3 Å². The highest BCUT2D eigenvalue weighted by atomic mass is 35.5. The van der Waals surface area contributed by atoms with Gasteiger partial charge in [0.1, 0.15) is 17.3 Å². The van der Waals surface area contributed by atoms with Crippen LogP contribution in [0.4, 0.5) is 0 Å². The Morgan fingerprint density at radius 1 is 1.42 bits per heavy atom. The van der Waals surface area contributed by atoms with E-state index in [9.17, 15) is 19.5 Å². The molecule has 7 nitrogen and oxygen atoms in total. The largest absolute Gasteiger partial charge is 0.484 e. The van der Waals surface area contributed by atoms with Gasteiger partial charge in [0.2, 0.25) is 0 Å². The molecule has 2 amide bonds. The zero-order chi connectivity index (χ0) is 17.9. The maximum atomic E-state index is 12.1. The van der Waals surface area contributed by atoms with Crippen molar-refractivity contribution in [2.75, 3.05) is 6.61 Å². The Balaban J connectivity index is 1.90. The van der Waals surface area contributed by atoms with Crippen LogP contribution < -0.4 is 10.1 Å². The average molecular weight is 353 g/mol. The van der Waals surface area contributed by atoms with Gasteiger partial charge in [0, 0.05) is 0 Å². The number of carboxylic acid groups (broad SMARTS) is 1. The minimum absolute atomic E-state index is 0.277. The lowest BCUT2D eigenvalue weighted by Crippen LogP contribution is -2.72. The quantitative estimate of drug-likeness (QED) is 0.330. The van der Waals surface area contributed by atoms with Crippen LogP contribution in [0.1, 0.15) is 6.92 Å². The first-order valence-electron chi connectivity index (χ1n) is 7.14. The first kappa shape index (κ1) is 17.8. The molecule has 24 heavy (non-hydrogen) atoms. The zero-order valence-corrected chi connectivity index (χ0v) is 13.7. The van der Waals surface area contributed by atoms with Gasteiger partial charge in [0.15, 0.2) is 12.6 Å². The predicted octanol–water partition coefficient (Wildman–Crippen LogP) is 0.987. The number of aliphatic carboxylic acids is 1. The number of carbonyl (C=O) groups is 3. The number of nitrogens with one attached hydrogen (secondary N) is 1. The van der Waals surface area contributed by atoms with Crippen molar-refractivity contribution < 1.29 is 24.2 Å². The maximum absolute atomic E-state index is 12.1. The van der Waals surface area contributed by atoms with Crippen LogP contribution in [-0.2, 0) is 14.4 Å². The van der Waals surface area contributed by atoms with E-state index in [2.05, 4.69) is 11.9 Å². The standard InChI is InChI=1S/C16H17ClN2O5/c1-9(2)13(16(22)23)19-14(17)12(15(19)21)18-11(20)8-24-10-6-4-3-5-7-10/h3-7,12-14H,1,8H2,2H3,(H,18,20)(H,22,23)/t12-,13?,14+/m1/s1. The fourth-order valence-corrected chi connectivity index (χ4v) is 2.71. The number of carboxylic acids is 1. The monoisotopic (exact) mass is 352 g/mol. The number of hydrogen-bond donors (Lipinski definition) is 2. The van der Waals surface area contributed by atoms with Crippen LogP contribution in [0, 0.1) is 0 Å². The number of benzene rings is 1. The molecule has 1 aromatic rings. The molecule has 0 aromatic heterocycles. The zero-order valence-electron chi connectivity index (χ0n) is 12.9. The number of amides is 2. The highest BCUT2D eigenvalue weighted by Gasteiger charge is 2.52. The number of carbonyl (C=O) groups excluding carboxylic acids is 2. The molecular weight excluding hydrogens is 336 g/mol. The van der Waals surface area contributed by atoms with Crippen molar-refractivity contribution >= 4 is 29.4 Å². The van der Waals surface area contributed by atoms with Gasteiger partial charge in [-0.2, -0.15) is 0 Å². The molecule has 0 saturated carbocycles. The number of halogens is 1. The second kappa shape index (κ2) is 7.35. The lowest BCUT2D eigenvalue weighted by molar-refractivity contribution is -0.160.